The summed E-state index contributed by atoms with van der Waals surface area (Å²) in [5, 5.41) is 0. The summed E-state index contributed by atoms with van der Waals surface area (Å²) in [6.45, 7) is 8.27. The molecular formula is C20H28N2O3. The molecule has 2 fully saturated rings. The molecule has 0 unspecified atom stereocenters. The molecule has 5 nitrogen and oxygen atoms in total. The van der Waals surface area contributed by atoms with Crippen LogP contribution in [-0.2, 0) is 9.53 Å². The first-order valence-corrected chi connectivity index (χ1v) is 9.32. The number of likely N-dealkylation sites (tertiary alicyclic amines) is 1. The van der Waals surface area contributed by atoms with Gasteiger partial charge in [0.15, 0.2) is 0 Å². The number of morpholine rings is 1. The maximum absolute atomic E-state index is 12.7. The highest BCUT2D eigenvalue weighted by molar-refractivity contribution is 5.94. The molecule has 0 N–H and O–H groups in total. The molecule has 2 amide bonds. The fraction of sp³-hybridized carbons (Fsp3) is 0.600. The van der Waals surface area contributed by atoms with Crippen molar-refractivity contribution in [1.29, 1.82) is 0 Å². The summed E-state index contributed by atoms with van der Waals surface area (Å²) in [4.78, 5) is 29.0. The molecular weight excluding hydrogens is 316 g/mol. The number of hydrogen-bond donors (Lipinski definition) is 0. The lowest BCUT2D eigenvalue weighted by atomic mass is 9.94. The molecule has 2 heterocycles. The molecule has 0 radical (unpaired) electrons. The molecule has 0 aliphatic carbocycles. The van der Waals surface area contributed by atoms with Gasteiger partial charge in [0.05, 0.1) is 13.2 Å². The van der Waals surface area contributed by atoms with Crippen molar-refractivity contribution >= 4 is 11.8 Å². The van der Waals surface area contributed by atoms with Gasteiger partial charge >= 0.3 is 0 Å². The van der Waals surface area contributed by atoms with Gasteiger partial charge in [-0.15, -0.1) is 0 Å². The van der Waals surface area contributed by atoms with Crippen molar-refractivity contribution in [3.8, 4) is 0 Å². The van der Waals surface area contributed by atoms with E-state index in [1.165, 1.54) is 5.56 Å². The summed E-state index contributed by atoms with van der Waals surface area (Å²) in [5.41, 5.74) is 1.98. The van der Waals surface area contributed by atoms with Crippen molar-refractivity contribution in [2.24, 2.45) is 5.92 Å². The molecule has 0 atom stereocenters. The fourth-order valence-electron chi connectivity index (χ4n) is 3.56. The average Bonchev–Trinajstić information content (AvgIpc) is 2.67. The molecule has 0 saturated carbocycles. The molecule has 5 heteroatoms. The van der Waals surface area contributed by atoms with Crippen LogP contribution in [0.5, 0.6) is 0 Å². The topological polar surface area (TPSA) is 49.9 Å². The summed E-state index contributed by atoms with van der Waals surface area (Å²) in [5.74, 6) is 0.820. The molecule has 0 spiro atoms. The summed E-state index contributed by atoms with van der Waals surface area (Å²) in [6.07, 6.45) is 1.51. The van der Waals surface area contributed by atoms with Gasteiger partial charge in [-0.05, 0) is 36.5 Å². The number of carbonyl (C=O) groups excluding carboxylic acids is 2. The van der Waals surface area contributed by atoms with Crippen molar-refractivity contribution in [3.63, 3.8) is 0 Å². The first kappa shape index (κ1) is 17.9. The van der Waals surface area contributed by atoms with Gasteiger partial charge in [0, 0.05) is 37.7 Å². The zero-order valence-corrected chi connectivity index (χ0v) is 15.2. The number of piperidine rings is 1. The minimum Gasteiger partial charge on any atom is -0.378 e. The Hall–Kier alpha value is -1.88. The number of nitrogens with zero attached hydrogens (tertiary/aromatic N) is 2. The fourth-order valence-corrected chi connectivity index (χ4v) is 3.56. The smallest absolute Gasteiger partial charge is 0.253 e. The molecule has 0 bridgehead atoms. The minimum atomic E-state index is 0.0467. The van der Waals surface area contributed by atoms with E-state index in [0.717, 1.165) is 18.4 Å². The van der Waals surface area contributed by atoms with Crippen LogP contribution in [-0.4, -0.2) is 61.0 Å². The minimum absolute atomic E-state index is 0.0467. The number of amides is 2. The van der Waals surface area contributed by atoms with E-state index in [0.29, 0.717) is 45.3 Å². The SMILES string of the molecule is CC(C)c1ccc(C(=O)N2CCC(C(=O)N3CCOCC3)CC2)cc1. The number of hydrogen-bond acceptors (Lipinski definition) is 3. The van der Waals surface area contributed by atoms with Gasteiger partial charge in [-0.1, -0.05) is 26.0 Å². The van der Waals surface area contributed by atoms with Gasteiger partial charge in [0.1, 0.15) is 0 Å². The molecule has 136 valence electrons. The van der Waals surface area contributed by atoms with E-state index in [2.05, 4.69) is 13.8 Å². The monoisotopic (exact) mass is 344 g/mol. The highest BCUT2D eigenvalue weighted by atomic mass is 16.5. The van der Waals surface area contributed by atoms with E-state index >= 15 is 0 Å². The van der Waals surface area contributed by atoms with Crippen LogP contribution in [0.2, 0.25) is 0 Å². The van der Waals surface area contributed by atoms with Gasteiger partial charge in [-0.2, -0.15) is 0 Å². The Bertz CT molecular complexity index is 598. The van der Waals surface area contributed by atoms with E-state index < -0.39 is 0 Å². The van der Waals surface area contributed by atoms with E-state index in [1.807, 2.05) is 34.1 Å². The molecule has 2 aliphatic heterocycles. The number of benzene rings is 1. The first-order valence-electron chi connectivity index (χ1n) is 9.32. The highest BCUT2D eigenvalue weighted by Gasteiger charge is 2.31. The van der Waals surface area contributed by atoms with Crippen LogP contribution in [0.25, 0.3) is 0 Å². The average molecular weight is 344 g/mol. The zero-order chi connectivity index (χ0) is 17.8. The largest absolute Gasteiger partial charge is 0.378 e. The van der Waals surface area contributed by atoms with E-state index in [1.54, 1.807) is 0 Å². The summed E-state index contributed by atoms with van der Waals surface area (Å²) >= 11 is 0. The Morgan fingerprint density at radius 1 is 0.960 bits per heavy atom. The van der Waals surface area contributed by atoms with Crippen LogP contribution in [0.3, 0.4) is 0 Å². The predicted octanol–water partition coefficient (Wildman–Crippen LogP) is 2.52. The van der Waals surface area contributed by atoms with E-state index in [9.17, 15) is 9.59 Å². The van der Waals surface area contributed by atoms with Crippen LogP contribution >= 0.6 is 0 Å². The molecule has 3 rings (SSSR count). The Labute approximate surface area is 149 Å². The summed E-state index contributed by atoms with van der Waals surface area (Å²) in [6, 6.07) is 7.91. The van der Waals surface area contributed by atoms with Crippen LogP contribution in [0.4, 0.5) is 0 Å². The predicted molar refractivity (Wildman–Crippen MR) is 96.6 cm³/mol. The highest BCUT2D eigenvalue weighted by Crippen LogP contribution is 2.22. The van der Waals surface area contributed by atoms with Crippen molar-refractivity contribution in [1.82, 2.24) is 9.80 Å². The second-order valence-corrected chi connectivity index (χ2v) is 7.28. The summed E-state index contributed by atoms with van der Waals surface area (Å²) in [7, 11) is 0. The second kappa shape index (κ2) is 8.00. The third-order valence-corrected chi connectivity index (χ3v) is 5.28. The van der Waals surface area contributed by atoms with Gasteiger partial charge in [-0.3, -0.25) is 9.59 Å². The molecule has 2 saturated heterocycles. The number of rotatable bonds is 3. The third kappa shape index (κ3) is 4.21. The Morgan fingerprint density at radius 2 is 1.56 bits per heavy atom. The Kier molecular flexibility index (Phi) is 5.74. The Balaban J connectivity index is 1.54. The van der Waals surface area contributed by atoms with E-state index in [-0.39, 0.29) is 17.7 Å². The van der Waals surface area contributed by atoms with Gasteiger partial charge in [0.25, 0.3) is 5.91 Å². The maximum atomic E-state index is 12.7. The first-order chi connectivity index (χ1) is 12.1. The molecule has 1 aromatic carbocycles. The van der Waals surface area contributed by atoms with E-state index in [4.69, 9.17) is 4.74 Å². The van der Waals surface area contributed by atoms with Gasteiger partial charge in [-0.25, -0.2) is 0 Å². The molecule has 2 aliphatic rings. The lowest BCUT2D eigenvalue weighted by Gasteiger charge is -2.35. The lowest BCUT2D eigenvalue weighted by molar-refractivity contribution is -0.141. The molecule has 25 heavy (non-hydrogen) atoms. The van der Waals surface area contributed by atoms with Gasteiger partial charge in [0.2, 0.25) is 5.91 Å². The van der Waals surface area contributed by atoms with Crippen LogP contribution in [0.15, 0.2) is 24.3 Å². The number of ether oxygens (including phenoxy) is 1. The van der Waals surface area contributed by atoms with Crippen molar-refractivity contribution in [2.75, 3.05) is 39.4 Å². The maximum Gasteiger partial charge on any atom is 0.253 e. The summed E-state index contributed by atoms with van der Waals surface area (Å²) < 4.78 is 5.31. The zero-order valence-electron chi connectivity index (χ0n) is 15.2. The molecule has 0 aromatic heterocycles. The van der Waals surface area contributed by atoms with Crippen LogP contribution in [0.1, 0.15) is 48.5 Å². The lowest BCUT2D eigenvalue weighted by Crippen LogP contribution is -2.47. The number of carbonyl (C=O) groups is 2. The normalized spacial score (nSPS) is 19.3. The van der Waals surface area contributed by atoms with Gasteiger partial charge < -0.3 is 14.5 Å². The van der Waals surface area contributed by atoms with Crippen molar-refractivity contribution < 1.29 is 14.3 Å². The van der Waals surface area contributed by atoms with Crippen LogP contribution in [0, 0.1) is 5.92 Å². The van der Waals surface area contributed by atoms with Crippen molar-refractivity contribution in [3.05, 3.63) is 35.4 Å². The second-order valence-electron chi connectivity index (χ2n) is 7.28. The quantitative estimate of drug-likeness (QED) is 0.847. The standard InChI is InChI=1S/C20H28N2O3/c1-15(2)16-3-5-17(6-4-16)19(23)21-9-7-18(8-10-21)20(24)22-11-13-25-14-12-22/h3-6,15,18H,7-14H2,1-2H3. The van der Waals surface area contributed by atoms with Crippen LogP contribution < -0.4 is 0 Å². The molecule has 1 aromatic rings. The third-order valence-electron chi connectivity index (χ3n) is 5.28. The Morgan fingerprint density at radius 3 is 2.12 bits per heavy atom. The van der Waals surface area contributed by atoms with Crippen molar-refractivity contribution in [2.45, 2.75) is 32.6 Å².